The van der Waals surface area contributed by atoms with Crippen molar-refractivity contribution in [2.24, 2.45) is 40.4 Å². The minimum Gasteiger partial charge on any atom is -0.454 e. The Kier molecular flexibility index (Phi) is 5.74. The number of hydrogen-bond donors (Lipinski definition) is 2. The van der Waals surface area contributed by atoms with E-state index in [9.17, 15) is 15.0 Å². The molecule has 0 radical (unpaired) electrons. The quantitative estimate of drug-likeness (QED) is 0.451. The lowest BCUT2D eigenvalue weighted by Crippen LogP contribution is -2.69. The highest BCUT2D eigenvalue weighted by Crippen LogP contribution is 2.73. The third-order valence-corrected chi connectivity index (χ3v) is 10.5. The first kappa shape index (κ1) is 25.4. The van der Waals surface area contributed by atoms with Crippen LogP contribution in [-0.2, 0) is 19.0 Å². The van der Waals surface area contributed by atoms with Crippen LogP contribution in [0.25, 0.3) is 0 Å². The van der Waals surface area contributed by atoms with E-state index >= 15 is 0 Å². The Labute approximate surface area is 210 Å². The van der Waals surface area contributed by atoms with E-state index in [4.69, 9.17) is 14.2 Å². The van der Waals surface area contributed by atoms with Crippen LogP contribution in [0.1, 0.15) is 74.7 Å². The van der Waals surface area contributed by atoms with Gasteiger partial charge in [0.25, 0.3) is 0 Å². The minimum atomic E-state index is -1.64. The zero-order chi connectivity index (χ0) is 25.7. The first-order chi connectivity index (χ1) is 16.3. The maximum Gasteiger partial charge on any atom is 0.309 e. The first-order valence-electron chi connectivity index (χ1n) is 13.6. The molecule has 2 saturated carbocycles. The highest BCUT2D eigenvalue weighted by molar-refractivity contribution is 5.73. The molecule has 6 nitrogen and oxygen atoms in total. The Balaban J connectivity index is 1.68. The van der Waals surface area contributed by atoms with Crippen molar-refractivity contribution in [1.82, 2.24) is 0 Å². The third kappa shape index (κ3) is 3.25. The Morgan fingerprint density at radius 3 is 2.51 bits per heavy atom. The molecule has 35 heavy (non-hydrogen) atoms. The Hall–Kier alpha value is -1.21. The SMILES string of the molecule is CCC(CC)C(=O)OC1C(C)=CC23C(C)CC4C(C(C=C5COC(C)(C)OC5C12O)C3O)C4(C)C. The van der Waals surface area contributed by atoms with Crippen molar-refractivity contribution < 1.29 is 29.2 Å². The van der Waals surface area contributed by atoms with Crippen LogP contribution in [0.15, 0.2) is 23.3 Å². The van der Waals surface area contributed by atoms with Crippen LogP contribution in [0.4, 0.5) is 0 Å². The Morgan fingerprint density at radius 1 is 1.23 bits per heavy atom. The zero-order valence-electron chi connectivity index (χ0n) is 22.6. The van der Waals surface area contributed by atoms with Crippen molar-refractivity contribution in [2.75, 3.05) is 6.61 Å². The number of carbonyl (C=O) groups excluding carboxylic acids is 1. The fourth-order valence-electron chi connectivity index (χ4n) is 8.44. The van der Waals surface area contributed by atoms with Gasteiger partial charge in [-0.3, -0.25) is 4.79 Å². The van der Waals surface area contributed by atoms with Gasteiger partial charge < -0.3 is 24.4 Å². The molecule has 1 heterocycles. The number of rotatable bonds is 4. The molecule has 4 aliphatic carbocycles. The summed E-state index contributed by atoms with van der Waals surface area (Å²) in [5, 5.41) is 25.3. The monoisotopic (exact) mass is 488 g/mol. The predicted molar refractivity (Wildman–Crippen MR) is 132 cm³/mol. The summed E-state index contributed by atoms with van der Waals surface area (Å²) in [5.41, 5.74) is -0.869. The number of carbonyl (C=O) groups is 1. The van der Waals surface area contributed by atoms with Gasteiger partial charge in [0.05, 0.1) is 24.0 Å². The van der Waals surface area contributed by atoms with Crippen molar-refractivity contribution >= 4 is 5.97 Å². The Bertz CT molecular complexity index is 960. The maximum absolute atomic E-state index is 13.2. The van der Waals surface area contributed by atoms with Gasteiger partial charge in [0, 0.05) is 5.92 Å². The molecule has 9 atom stereocenters. The van der Waals surface area contributed by atoms with E-state index < -0.39 is 35.1 Å². The number of aliphatic hydroxyl groups is 2. The number of hydrogen-bond acceptors (Lipinski definition) is 6. The number of esters is 1. The lowest BCUT2D eigenvalue weighted by Gasteiger charge is -2.55. The van der Waals surface area contributed by atoms with Gasteiger partial charge in [-0.15, -0.1) is 0 Å². The van der Waals surface area contributed by atoms with E-state index in [1.807, 2.05) is 40.7 Å². The second-order valence-corrected chi connectivity index (χ2v) is 13.0. The molecule has 2 bridgehead atoms. The molecule has 196 valence electrons. The zero-order valence-corrected chi connectivity index (χ0v) is 22.6. The van der Waals surface area contributed by atoms with Crippen molar-refractivity contribution in [2.45, 2.75) is 104 Å². The van der Waals surface area contributed by atoms with E-state index in [-0.39, 0.29) is 29.1 Å². The molecule has 6 heteroatoms. The van der Waals surface area contributed by atoms with E-state index in [2.05, 4.69) is 26.8 Å². The van der Waals surface area contributed by atoms with Crippen LogP contribution < -0.4 is 0 Å². The summed E-state index contributed by atoms with van der Waals surface area (Å²) < 4.78 is 18.7. The second kappa shape index (κ2) is 7.89. The Morgan fingerprint density at radius 2 is 1.89 bits per heavy atom. The second-order valence-electron chi connectivity index (χ2n) is 13.0. The van der Waals surface area contributed by atoms with Gasteiger partial charge in [0.1, 0.15) is 11.7 Å². The molecule has 1 aliphatic heterocycles. The summed E-state index contributed by atoms with van der Waals surface area (Å²) in [4.78, 5) is 13.2. The summed E-state index contributed by atoms with van der Waals surface area (Å²) in [5.74, 6) is -0.804. The molecule has 0 amide bonds. The largest absolute Gasteiger partial charge is 0.454 e. The molecule has 9 unspecified atom stereocenters. The van der Waals surface area contributed by atoms with Crippen molar-refractivity contribution in [3.8, 4) is 0 Å². The molecule has 0 aromatic heterocycles. The first-order valence-corrected chi connectivity index (χ1v) is 13.6. The molecule has 2 N–H and O–H groups in total. The summed E-state index contributed by atoms with van der Waals surface area (Å²) in [6.07, 6.45) is 3.98. The van der Waals surface area contributed by atoms with Gasteiger partial charge in [0.2, 0.25) is 0 Å². The maximum atomic E-state index is 13.2. The van der Waals surface area contributed by atoms with Crippen LogP contribution in [0.2, 0.25) is 0 Å². The van der Waals surface area contributed by atoms with Crippen molar-refractivity contribution in [1.29, 1.82) is 0 Å². The van der Waals surface area contributed by atoms with Crippen LogP contribution in [-0.4, -0.2) is 52.5 Å². The van der Waals surface area contributed by atoms with E-state index in [0.29, 0.717) is 31.3 Å². The van der Waals surface area contributed by atoms with Gasteiger partial charge in [-0.25, -0.2) is 0 Å². The van der Waals surface area contributed by atoms with Crippen LogP contribution in [0.3, 0.4) is 0 Å². The van der Waals surface area contributed by atoms with Gasteiger partial charge in [-0.1, -0.05) is 46.8 Å². The van der Waals surface area contributed by atoms with Gasteiger partial charge in [-0.2, -0.15) is 0 Å². The fourth-order valence-corrected chi connectivity index (χ4v) is 8.44. The average molecular weight is 489 g/mol. The highest BCUT2D eigenvalue weighted by Gasteiger charge is 2.77. The number of aliphatic hydroxyl groups excluding tert-OH is 1. The third-order valence-electron chi connectivity index (χ3n) is 10.5. The summed E-state index contributed by atoms with van der Waals surface area (Å²) >= 11 is 0. The highest BCUT2D eigenvalue weighted by atomic mass is 16.7. The normalized spacial score (nSPS) is 46.9. The topological polar surface area (TPSA) is 85.2 Å². The summed E-state index contributed by atoms with van der Waals surface area (Å²) in [6, 6.07) is 0. The van der Waals surface area contributed by atoms with Crippen LogP contribution in [0.5, 0.6) is 0 Å². The molecular weight excluding hydrogens is 444 g/mol. The van der Waals surface area contributed by atoms with E-state index in [0.717, 1.165) is 17.6 Å². The van der Waals surface area contributed by atoms with Crippen LogP contribution in [0, 0.1) is 40.4 Å². The number of fused-ring (bicyclic) bond motifs is 5. The molecule has 1 saturated heterocycles. The molecule has 1 spiro atoms. The number of ether oxygens (including phenoxy) is 3. The molecule has 0 aromatic rings. The van der Waals surface area contributed by atoms with Gasteiger partial charge in [-0.05, 0) is 74.3 Å². The van der Waals surface area contributed by atoms with E-state index in [1.54, 1.807) is 0 Å². The fraction of sp³-hybridized carbons (Fsp3) is 0.828. The van der Waals surface area contributed by atoms with Crippen molar-refractivity contribution in [3.05, 3.63) is 23.3 Å². The van der Waals surface area contributed by atoms with Gasteiger partial charge in [0.15, 0.2) is 11.9 Å². The molecule has 5 rings (SSSR count). The van der Waals surface area contributed by atoms with Crippen LogP contribution >= 0.6 is 0 Å². The smallest absolute Gasteiger partial charge is 0.309 e. The minimum absolute atomic E-state index is 0.0316. The lowest BCUT2D eigenvalue weighted by molar-refractivity contribution is -0.313. The molecule has 0 aromatic carbocycles. The summed E-state index contributed by atoms with van der Waals surface area (Å²) in [7, 11) is 0. The predicted octanol–water partition coefficient (Wildman–Crippen LogP) is 4.39. The van der Waals surface area contributed by atoms with Crippen molar-refractivity contribution in [3.63, 3.8) is 0 Å². The average Bonchev–Trinajstić information content (AvgIpc) is 3.27. The van der Waals surface area contributed by atoms with Gasteiger partial charge >= 0.3 is 5.97 Å². The molecule has 3 fully saturated rings. The lowest BCUT2D eigenvalue weighted by atomic mass is 9.58. The van der Waals surface area contributed by atoms with E-state index in [1.165, 1.54) is 0 Å². The standard InChI is InChI=1S/C29H44O6/c1-9-17(10-2)25(31)34-23-15(3)13-28-16(4)11-20-21(26(20,5)6)19(22(28)30)12-18-14-33-27(7,8)35-24(18)29(23,28)32/h12-13,16-17,19-24,30,32H,9-11,14H2,1-8H3. The molecule has 5 aliphatic rings. The molecular formula is C29H44O6. The summed E-state index contributed by atoms with van der Waals surface area (Å²) in [6.45, 7) is 16.6.